The first kappa shape index (κ1) is 17.9. The topological polar surface area (TPSA) is 52.6 Å². The Kier molecular flexibility index (Phi) is 3.31. The van der Waals surface area contributed by atoms with E-state index in [0.29, 0.717) is 0 Å². The van der Waals surface area contributed by atoms with E-state index in [4.69, 9.17) is 9.47 Å². The molecule has 4 heteroatoms. The minimum atomic E-state index is -1.09. The van der Waals surface area contributed by atoms with Crippen molar-refractivity contribution in [3.05, 3.63) is 119 Å². The lowest BCUT2D eigenvalue weighted by molar-refractivity contribution is -0.162. The molecule has 0 radical (unpaired) electrons. The number of carbonyl (C=O) groups is 2. The van der Waals surface area contributed by atoms with Crippen LogP contribution < -0.4 is 0 Å². The van der Waals surface area contributed by atoms with Crippen LogP contribution in [0.25, 0.3) is 10.8 Å². The summed E-state index contributed by atoms with van der Waals surface area (Å²) in [5.41, 5.74) is 1.38. The summed E-state index contributed by atoms with van der Waals surface area (Å²) in [7, 11) is 0. The fraction of sp³-hybridized carbons (Fsp3) is 0.143. The summed E-state index contributed by atoms with van der Waals surface area (Å²) >= 11 is 0. The van der Waals surface area contributed by atoms with Crippen LogP contribution in [0.2, 0.25) is 0 Å². The van der Waals surface area contributed by atoms with E-state index in [1.165, 1.54) is 0 Å². The van der Waals surface area contributed by atoms with Crippen molar-refractivity contribution >= 4 is 22.7 Å². The molecule has 0 saturated carbocycles. The quantitative estimate of drug-likeness (QED) is 0.350. The first-order valence-electron chi connectivity index (χ1n) is 10.8. The molecule has 0 unspecified atom stereocenters. The number of ether oxygens (including phenoxy) is 2. The lowest BCUT2D eigenvalue weighted by Crippen LogP contribution is -2.42. The van der Waals surface area contributed by atoms with E-state index < -0.39 is 35.0 Å². The first-order valence-corrected chi connectivity index (χ1v) is 10.8. The number of cyclic esters (lactones) is 2. The van der Waals surface area contributed by atoms with Gasteiger partial charge < -0.3 is 9.47 Å². The summed E-state index contributed by atoms with van der Waals surface area (Å²) in [6.45, 7) is 0. The van der Waals surface area contributed by atoms with Gasteiger partial charge in [-0.15, -0.1) is 0 Å². The highest BCUT2D eigenvalue weighted by Gasteiger charge is 2.78. The van der Waals surface area contributed by atoms with Crippen LogP contribution in [0.5, 0.6) is 0 Å². The number of benzene rings is 4. The van der Waals surface area contributed by atoms with Gasteiger partial charge in [-0.2, -0.15) is 0 Å². The molecule has 0 amide bonds. The fourth-order valence-corrected chi connectivity index (χ4v) is 6.14. The summed E-state index contributed by atoms with van der Waals surface area (Å²) in [5, 5.41) is 2.13. The fourth-order valence-electron chi connectivity index (χ4n) is 6.14. The van der Waals surface area contributed by atoms with Gasteiger partial charge in [0.15, 0.2) is 0 Å². The van der Waals surface area contributed by atoms with Gasteiger partial charge in [-0.3, -0.25) is 9.59 Å². The van der Waals surface area contributed by atoms with Crippen LogP contribution in [0.4, 0.5) is 0 Å². The Hall–Kier alpha value is -3.76. The van der Waals surface area contributed by atoms with Crippen molar-refractivity contribution in [2.45, 2.75) is 11.2 Å². The molecular weight excluding hydrogens is 400 g/mol. The van der Waals surface area contributed by atoms with E-state index in [2.05, 4.69) is 24.3 Å². The van der Waals surface area contributed by atoms with Crippen molar-refractivity contribution in [2.75, 3.05) is 0 Å². The molecule has 154 valence electrons. The molecule has 4 aromatic rings. The zero-order valence-electron chi connectivity index (χ0n) is 17.0. The lowest BCUT2D eigenvalue weighted by Gasteiger charge is -2.34. The van der Waals surface area contributed by atoms with Gasteiger partial charge in [-0.25, -0.2) is 0 Å². The minimum absolute atomic E-state index is 0.513. The highest BCUT2D eigenvalue weighted by atomic mass is 16.6. The molecule has 0 aliphatic carbocycles. The number of rotatable bonds is 2. The largest absolute Gasteiger partial charge is 0.392 e. The number of carbonyl (C=O) groups excluding carboxylic acids is 2. The summed E-state index contributed by atoms with van der Waals surface area (Å²) < 4.78 is 12.3. The molecule has 7 rings (SSSR count). The predicted molar refractivity (Wildman–Crippen MR) is 118 cm³/mol. The SMILES string of the molecule is O=C1OC(=O)[C@H]2[C@H]1[C@]1(c3ccccc3)O[C@]2(c2ccccc2)c2cc3ccccc3cc21. The molecule has 2 fully saturated rings. The van der Waals surface area contributed by atoms with Crippen molar-refractivity contribution in [1.29, 1.82) is 0 Å². The second-order valence-corrected chi connectivity index (χ2v) is 8.75. The second-order valence-electron chi connectivity index (χ2n) is 8.75. The molecule has 0 N–H and O–H groups in total. The van der Waals surface area contributed by atoms with E-state index in [1.54, 1.807) is 0 Å². The third-order valence-electron chi connectivity index (χ3n) is 7.33. The lowest BCUT2D eigenvalue weighted by atomic mass is 9.61. The number of hydrogen-bond acceptors (Lipinski definition) is 4. The van der Waals surface area contributed by atoms with Crippen LogP contribution in [-0.2, 0) is 30.3 Å². The van der Waals surface area contributed by atoms with Gasteiger partial charge >= 0.3 is 11.9 Å². The van der Waals surface area contributed by atoms with E-state index >= 15 is 0 Å². The minimum Gasteiger partial charge on any atom is -0.392 e. The van der Waals surface area contributed by atoms with Crippen LogP contribution in [0.15, 0.2) is 97.1 Å². The standard InChI is InChI=1S/C28H18O4/c29-25-23-24(26(30)31-25)28(20-13-5-2-6-14-20)22-16-18-10-8-7-9-17(18)15-21(22)27(23,32-28)19-11-3-1-4-12-19/h1-16,23-24H/t23-,24-,27-,28-/m1/s1. The Balaban J connectivity index is 1.66. The molecule has 0 spiro atoms. The van der Waals surface area contributed by atoms with Gasteiger partial charge in [0.1, 0.15) is 23.0 Å². The zero-order valence-corrected chi connectivity index (χ0v) is 17.0. The van der Waals surface area contributed by atoms with Gasteiger partial charge in [0.05, 0.1) is 0 Å². The van der Waals surface area contributed by atoms with Gasteiger partial charge in [0.25, 0.3) is 0 Å². The highest BCUT2D eigenvalue weighted by molar-refractivity contribution is 6.01. The van der Waals surface area contributed by atoms with Crippen LogP contribution in [0.3, 0.4) is 0 Å². The van der Waals surface area contributed by atoms with E-state index in [9.17, 15) is 9.59 Å². The van der Waals surface area contributed by atoms with Crippen molar-refractivity contribution in [1.82, 2.24) is 0 Å². The number of fused-ring (bicyclic) bond motifs is 9. The van der Waals surface area contributed by atoms with Gasteiger partial charge in [0.2, 0.25) is 0 Å². The van der Waals surface area contributed by atoms with E-state index in [1.807, 2.05) is 72.8 Å². The Labute approximate surface area is 184 Å². The number of hydrogen-bond donors (Lipinski definition) is 0. The third kappa shape index (κ3) is 1.92. The average molecular weight is 418 g/mol. The monoisotopic (exact) mass is 418 g/mol. The summed E-state index contributed by atoms with van der Waals surface area (Å²) in [5.74, 6) is -2.52. The second kappa shape index (κ2) is 5.93. The maximum absolute atomic E-state index is 13.2. The van der Waals surface area contributed by atoms with Gasteiger partial charge in [-0.1, -0.05) is 84.9 Å². The molecule has 4 nitrogen and oxygen atoms in total. The zero-order chi connectivity index (χ0) is 21.5. The van der Waals surface area contributed by atoms with E-state index in [-0.39, 0.29) is 0 Å². The molecule has 2 saturated heterocycles. The molecule has 3 aliphatic heterocycles. The predicted octanol–water partition coefficient (Wildman–Crippen LogP) is 4.69. The first-order chi connectivity index (χ1) is 15.7. The molecular formula is C28H18O4. The maximum atomic E-state index is 13.2. The molecule has 3 heterocycles. The smallest absolute Gasteiger partial charge is 0.321 e. The van der Waals surface area contributed by atoms with Crippen molar-refractivity contribution in [3.63, 3.8) is 0 Å². The van der Waals surface area contributed by atoms with Crippen LogP contribution in [0.1, 0.15) is 22.3 Å². The average Bonchev–Trinajstić information content (AvgIpc) is 3.44. The van der Waals surface area contributed by atoms with Crippen LogP contribution in [-0.4, -0.2) is 11.9 Å². The molecule has 32 heavy (non-hydrogen) atoms. The molecule has 4 aromatic carbocycles. The maximum Gasteiger partial charge on any atom is 0.321 e. The summed E-state index contributed by atoms with van der Waals surface area (Å²) in [6.07, 6.45) is 0. The molecule has 4 atom stereocenters. The number of esters is 2. The third-order valence-corrected chi connectivity index (χ3v) is 7.33. The highest BCUT2D eigenvalue weighted by Crippen LogP contribution is 2.70. The summed E-state index contributed by atoms with van der Waals surface area (Å²) in [4.78, 5) is 26.3. The van der Waals surface area contributed by atoms with Gasteiger partial charge in [0, 0.05) is 0 Å². The molecule has 2 bridgehead atoms. The molecule has 3 aliphatic rings. The Bertz CT molecular complexity index is 1320. The molecule has 0 aromatic heterocycles. The van der Waals surface area contributed by atoms with Crippen LogP contribution in [0, 0.1) is 11.8 Å². The summed E-state index contributed by atoms with van der Waals surface area (Å²) in [6, 6.07) is 31.9. The Morgan fingerprint density at radius 2 is 0.969 bits per heavy atom. The normalized spacial score (nSPS) is 29.8. The Morgan fingerprint density at radius 3 is 1.41 bits per heavy atom. The van der Waals surface area contributed by atoms with Gasteiger partial charge in [-0.05, 0) is 45.2 Å². The Morgan fingerprint density at radius 1 is 0.562 bits per heavy atom. The van der Waals surface area contributed by atoms with Crippen LogP contribution >= 0.6 is 0 Å². The van der Waals surface area contributed by atoms with Crippen molar-refractivity contribution in [3.8, 4) is 0 Å². The van der Waals surface area contributed by atoms with Crippen molar-refractivity contribution in [2.24, 2.45) is 11.8 Å². The van der Waals surface area contributed by atoms with Crippen molar-refractivity contribution < 1.29 is 19.1 Å². The van der Waals surface area contributed by atoms with E-state index in [0.717, 1.165) is 33.0 Å².